The molecule has 0 bridgehead atoms. The number of carbonyl (C=O) groups excluding carboxylic acids is 2. The van der Waals surface area contributed by atoms with E-state index in [1.165, 1.54) is 19.1 Å². The highest BCUT2D eigenvalue weighted by Crippen LogP contribution is 2.16. The molecule has 0 aliphatic carbocycles. The number of nitrogens with zero attached hydrogens (tertiary/aromatic N) is 1. The van der Waals surface area contributed by atoms with Gasteiger partial charge in [0.25, 0.3) is 5.91 Å². The van der Waals surface area contributed by atoms with Crippen LogP contribution in [-0.2, 0) is 11.3 Å². The van der Waals surface area contributed by atoms with Crippen molar-refractivity contribution < 1.29 is 14.0 Å². The number of benzene rings is 1. The zero-order valence-electron chi connectivity index (χ0n) is 12.3. The van der Waals surface area contributed by atoms with Crippen LogP contribution in [0.3, 0.4) is 0 Å². The van der Waals surface area contributed by atoms with Crippen molar-refractivity contribution in [3.63, 3.8) is 0 Å². The van der Waals surface area contributed by atoms with E-state index in [4.69, 9.17) is 0 Å². The third-order valence-electron chi connectivity index (χ3n) is 2.92. The Morgan fingerprint density at radius 2 is 2.00 bits per heavy atom. The van der Waals surface area contributed by atoms with Gasteiger partial charge in [-0.1, -0.05) is 6.07 Å². The number of rotatable bonds is 4. The quantitative estimate of drug-likeness (QED) is 0.911. The molecule has 0 aliphatic rings. The van der Waals surface area contributed by atoms with Crippen LogP contribution in [0.4, 0.5) is 10.1 Å². The van der Waals surface area contributed by atoms with Crippen molar-refractivity contribution in [1.29, 1.82) is 0 Å². The van der Waals surface area contributed by atoms with E-state index < -0.39 is 11.7 Å². The molecule has 2 N–H and O–H groups in total. The second-order valence-corrected chi connectivity index (χ2v) is 4.83. The van der Waals surface area contributed by atoms with Gasteiger partial charge in [0.15, 0.2) is 0 Å². The van der Waals surface area contributed by atoms with Crippen molar-refractivity contribution >= 4 is 17.5 Å². The number of hydrogen-bond donors (Lipinski definition) is 2. The molecular weight excluding hydrogens is 285 g/mol. The summed E-state index contributed by atoms with van der Waals surface area (Å²) in [6.45, 7) is 3.41. The first-order valence-electron chi connectivity index (χ1n) is 6.73. The Hall–Kier alpha value is -2.76. The number of nitrogens with one attached hydrogen (secondary N) is 2. The fourth-order valence-electron chi connectivity index (χ4n) is 1.92. The van der Waals surface area contributed by atoms with Gasteiger partial charge in [0.2, 0.25) is 5.91 Å². The lowest BCUT2D eigenvalue weighted by atomic mass is 10.1. The summed E-state index contributed by atoms with van der Waals surface area (Å²) in [6.07, 6.45) is 0. The highest BCUT2D eigenvalue weighted by molar-refractivity contribution is 5.96. The second kappa shape index (κ2) is 6.80. The van der Waals surface area contributed by atoms with Crippen molar-refractivity contribution in [3.05, 3.63) is 59.2 Å². The molecule has 114 valence electrons. The molecule has 0 spiro atoms. The van der Waals surface area contributed by atoms with Crippen LogP contribution >= 0.6 is 0 Å². The predicted octanol–water partition coefficient (Wildman–Crippen LogP) is 2.42. The van der Waals surface area contributed by atoms with Crippen molar-refractivity contribution in [1.82, 2.24) is 10.3 Å². The van der Waals surface area contributed by atoms with Gasteiger partial charge in [-0.25, -0.2) is 4.39 Å². The Bertz CT molecular complexity index is 716. The summed E-state index contributed by atoms with van der Waals surface area (Å²) in [7, 11) is 0. The first kappa shape index (κ1) is 15.6. The molecule has 2 aromatic rings. The van der Waals surface area contributed by atoms with E-state index >= 15 is 0 Å². The van der Waals surface area contributed by atoms with Crippen LogP contribution in [0, 0.1) is 12.7 Å². The molecule has 22 heavy (non-hydrogen) atoms. The number of anilines is 1. The summed E-state index contributed by atoms with van der Waals surface area (Å²) in [6, 6.07) is 9.34. The van der Waals surface area contributed by atoms with Crippen LogP contribution in [-0.4, -0.2) is 16.8 Å². The smallest absolute Gasteiger partial charge is 0.251 e. The van der Waals surface area contributed by atoms with Gasteiger partial charge in [0.1, 0.15) is 5.82 Å². The second-order valence-electron chi connectivity index (χ2n) is 4.83. The molecule has 0 unspecified atom stereocenters. The van der Waals surface area contributed by atoms with E-state index in [2.05, 4.69) is 15.6 Å². The zero-order chi connectivity index (χ0) is 16.1. The zero-order valence-corrected chi connectivity index (χ0v) is 12.3. The van der Waals surface area contributed by atoms with Crippen molar-refractivity contribution in [2.75, 3.05) is 5.32 Å². The van der Waals surface area contributed by atoms with E-state index in [1.807, 2.05) is 19.1 Å². The molecular formula is C16H16FN3O2. The van der Waals surface area contributed by atoms with Gasteiger partial charge in [0.05, 0.1) is 17.9 Å². The number of aryl methyl sites for hydroxylation is 1. The number of pyridine rings is 1. The highest BCUT2D eigenvalue weighted by atomic mass is 19.1. The molecule has 1 aromatic carbocycles. The number of halogens is 1. The number of carbonyl (C=O) groups is 2. The molecule has 0 atom stereocenters. The number of hydrogen-bond acceptors (Lipinski definition) is 3. The summed E-state index contributed by atoms with van der Waals surface area (Å²) in [5.74, 6) is -1.36. The lowest BCUT2D eigenvalue weighted by Gasteiger charge is -2.08. The van der Waals surface area contributed by atoms with Crippen molar-refractivity contribution in [3.8, 4) is 0 Å². The molecule has 2 rings (SSSR count). The third-order valence-corrected chi connectivity index (χ3v) is 2.92. The van der Waals surface area contributed by atoms with E-state index in [1.54, 1.807) is 6.07 Å². The van der Waals surface area contributed by atoms with Crippen LogP contribution in [0.15, 0.2) is 36.4 Å². The van der Waals surface area contributed by atoms with E-state index in [9.17, 15) is 14.0 Å². The van der Waals surface area contributed by atoms with Crippen LogP contribution in [0.2, 0.25) is 0 Å². The topological polar surface area (TPSA) is 71.1 Å². The molecule has 0 aliphatic heterocycles. The van der Waals surface area contributed by atoms with E-state index in [0.717, 1.165) is 17.5 Å². The third kappa shape index (κ3) is 4.12. The lowest BCUT2D eigenvalue weighted by molar-refractivity contribution is -0.114. The van der Waals surface area contributed by atoms with Gasteiger partial charge < -0.3 is 10.6 Å². The standard InChI is InChI=1S/C16H16FN3O2/c1-10-4-3-5-13(19-10)9-18-16(22)12-6-7-14(17)15(8-12)20-11(2)21/h3-8H,9H2,1-2H3,(H,18,22)(H,20,21). The fraction of sp³-hybridized carbons (Fsp3) is 0.188. The summed E-state index contributed by atoms with van der Waals surface area (Å²) >= 11 is 0. The maximum absolute atomic E-state index is 13.5. The Balaban J connectivity index is 2.07. The van der Waals surface area contributed by atoms with Gasteiger partial charge in [-0.2, -0.15) is 0 Å². The Labute approximate surface area is 127 Å². The first-order valence-corrected chi connectivity index (χ1v) is 6.73. The van der Waals surface area contributed by atoms with Crippen LogP contribution < -0.4 is 10.6 Å². The molecule has 0 fully saturated rings. The Morgan fingerprint density at radius 3 is 2.68 bits per heavy atom. The first-order chi connectivity index (χ1) is 10.5. The van der Waals surface area contributed by atoms with E-state index in [-0.39, 0.29) is 23.7 Å². The monoisotopic (exact) mass is 301 g/mol. The maximum atomic E-state index is 13.5. The van der Waals surface area contributed by atoms with Crippen LogP contribution in [0.5, 0.6) is 0 Å². The van der Waals surface area contributed by atoms with Crippen LogP contribution in [0.25, 0.3) is 0 Å². The summed E-state index contributed by atoms with van der Waals surface area (Å²) < 4.78 is 13.5. The minimum absolute atomic E-state index is 0.0196. The predicted molar refractivity (Wildman–Crippen MR) is 80.8 cm³/mol. The van der Waals surface area contributed by atoms with Gasteiger partial charge in [-0.3, -0.25) is 14.6 Å². The molecule has 2 amide bonds. The molecule has 0 saturated carbocycles. The normalized spacial score (nSPS) is 10.1. The Kier molecular flexibility index (Phi) is 4.83. The summed E-state index contributed by atoms with van der Waals surface area (Å²) in [5.41, 5.74) is 1.84. The molecule has 0 radical (unpaired) electrons. The van der Waals surface area contributed by atoms with Gasteiger partial charge in [0, 0.05) is 18.2 Å². The van der Waals surface area contributed by atoms with E-state index in [0.29, 0.717) is 0 Å². The minimum atomic E-state index is -0.591. The summed E-state index contributed by atoms with van der Waals surface area (Å²) in [4.78, 5) is 27.4. The molecule has 1 heterocycles. The average molecular weight is 301 g/mol. The largest absolute Gasteiger partial charge is 0.346 e. The van der Waals surface area contributed by atoms with Crippen molar-refractivity contribution in [2.45, 2.75) is 20.4 Å². The van der Waals surface area contributed by atoms with Gasteiger partial charge in [-0.15, -0.1) is 0 Å². The van der Waals surface area contributed by atoms with Crippen molar-refractivity contribution in [2.24, 2.45) is 0 Å². The Morgan fingerprint density at radius 1 is 1.23 bits per heavy atom. The molecule has 6 heteroatoms. The number of amides is 2. The maximum Gasteiger partial charge on any atom is 0.251 e. The van der Waals surface area contributed by atoms with Gasteiger partial charge in [-0.05, 0) is 37.3 Å². The molecule has 5 nitrogen and oxygen atoms in total. The molecule has 1 aromatic heterocycles. The lowest BCUT2D eigenvalue weighted by Crippen LogP contribution is -2.23. The molecule has 0 saturated heterocycles. The highest BCUT2D eigenvalue weighted by Gasteiger charge is 2.10. The average Bonchev–Trinajstić information content (AvgIpc) is 2.46. The number of aromatic nitrogens is 1. The van der Waals surface area contributed by atoms with Crippen LogP contribution in [0.1, 0.15) is 28.7 Å². The summed E-state index contributed by atoms with van der Waals surface area (Å²) in [5, 5.41) is 5.05. The minimum Gasteiger partial charge on any atom is -0.346 e. The fourth-order valence-corrected chi connectivity index (χ4v) is 1.92. The SMILES string of the molecule is CC(=O)Nc1cc(C(=O)NCc2cccc(C)n2)ccc1F. The van der Waals surface area contributed by atoms with Gasteiger partial charge >= 0.3 is 0 Å².